The second-order valence-corrected chi connectivity index (χ2v) is 7.92. The fraction of sp³-hybridized carbons (Fsp3) is 0.917. The van der Waals surface area contributed by atoms with E-state index in [2.05, 4.69) is 10.0 Å². The maximum atomic E-state index is 12.7. The summed E-state index contributed by atoms with van der Waals surface area (Å²) in [6, 6.07) is 0. The van der Waals surface area contributed by atoms with Crippen molar-refractivity contribution in [2.75, 3.05) is 132 Å². The van der Waals surface area contributed by atoms with E-state index in [0.717, 1.165) is 0 Å². The molecule has 0 fully saturated rings. The molecule has 0 radical (unpaired) electrons. The molecule has 0 saturated carbocycles. The summed E-state index contributed by atoms with van der Waals surface area (Å²) in [4.78, 5) is 27.4. The number of amides is 1. The molecule has 16 nitrogen and oxygen atoms in total. The normalized spacial score (nSPS) is 10.9. The lowest BCUT2D eigenvalue weighted by molar-refractivity contribution is -0.138. The molecule has 0 rings (SSSR count). The van der Waals surface area contributed by atoms with Crippen LogP contribution in [0, 0.1) is 0 Å². The Morgan fingerprint density at radius 3 is 1.48 bits per heavy atom. The highest BCUT2D eigenvalue weighted by atomic mass is 16.6. The number of hydrogen-bond acceptors (Lipinski definition) is 12. The van der Waals surface area contributed by atoms with E-state index >= 15 is 0 Å². The Morgan fingerprint density at radius 2 is 1.02 bits per heavy atom. The predicted octanol–water partition coefficient (Wildman–Crippen LogP) is 0.0816. The number of hydrogen-bond donors (Lipinski definition) is 2. The molecular weight excluding hydrogens is 534 g/mol. The molecule has 0 aliphatic carbocycles. The van der Waals surface area contributed by atoms with Gasteiger partial charge in [-0.05, 0) is 5.53 Å². The van der Waals surface area contributed by atoms with E-state index in [1.807, 2.05) is 0 Å². The third-order valence-electron chi connectivity index (χ3n) is 4.81. The number of nitrogens with two attached hydrogens (primary N) is 1. The van der Waals surface area contributed by atoms with Crippen LogP contribution in [0.4, 0.5) is 0 Å². The van der Waals surface area contributed by atoms with E-state index in [0.29, 0.717) is 112 Å². The van der Waals surface area contributed by atoms with E-state index in [9.17, 15) is 9.59 Å². The molecule has 234 valence electrons. The van der Waals surface area contributed by atoms with Crippen molar-refractivity contribution in [1.82, 2.24) is 4.90 Å². The minimum Gasteiger partial charge on any atom is -0.481 e. The molecule has 0 heterocycles. The number of carbonyl (C=O) groups is 2. The second kappa shape index (κ2) is 31.4. The highest BCUT2D eigenvalue weighted by Crippen LogP contribution is 1.98. The molecule has 0 aromatic rings. The van der Waals surface area contributed by atoms with Crippen molar-refractivity contribution in [1.29, 1.82) is 0 Å². The predicted molar refractivity (Wildman–Crippen MR) is 143 cm³/mol. The summed E-state index contributed by atoms with van der Waals surface area (Å²) in [5.41, 5.74) is 13.5. The summed E-state index contributed by atoms with van der Waals surface area (Å²) in [5.74, 6) is -0.972. The van der Waals surface area contributed by atoms with Gasteiger partial charge in [0.25, 0.3) is 0 Å². The van der Waals surface area contributed by atoms with Crippen LogP contribution in [0.25, 0.3) is 10.4 Å². The van der Waals surface area contributed by atoms with Gasteiger partial charge in [-0.3, -0.25) is 9.59 Å². The molecule has 3 N–H and O–H groups in total. The minimum absolute atomic E-state index is 0.0375. The zero-order chi connectivity index (χ0) is 29.4. The average Bonchev–Trinajstić information content (AvgIpc) is 2.94. The van der Waals surface area contributed by atoms with Gasteiger partial charge < -0.3 is 53.6 Å². The van der Waals surface area contributed by atoms with Crippen LogP contribution in [0.15, 0.2) is 5.11 Å². The molecule has 0 atom stereocenters. The zero-order valence-corrected chi connectivity index (χ0v) is 23.5. The monoisotopic (exact) mass is 581 g/mol. The first kappa shape index (κ1) is 37.9. The molecule has 0 aromatic carbocycles. The quantitative estimate of drug-likeness (QED) is 0.0469. The van der Waals surface area contributed by atoms with E-state index in [1.54, 1.807) is 4.90 Å². The van der Waals surface area contributed by atoms with Gasteiger partial charge >= 0.3 is 5.97 Å². The van der Waals surface area contributed by atoms with Gasteiger partial charge in [0.1, 0.15) is 0 Å². The van der Waals surface area contributed by atoms with Crippen LogP contribution in [-0.4, -0.2) is 154 Å². The van der Waals surface area contributed by atoms with Gasteiger partial charge in [-0.25, -0.2) is 0 Å². The molecule has 0 aliphatic rings. The Kier molecular flexibility index (Phi) is 29.8. The van der Waals surface area contributed by atoms with E-state index < -0.39 is 5.97 Å². The van der Waals surface area contributed by atoms with E-state index in [1.165, 1.54) is 0 Å². The fourth-order valence-electron chi connectivity index (χ4n) is 2.83. The number of rotatable bonds is 32. The number of carboxylic acid groups (broad SMARTS) is 1. The van der Waals surface area contributed by atoms with Gasteiger partial charge in [-0.15, -0.1) is 0 Å². The number of azide groups is 1. The van der Waals surface area contributed by atoms with Gasteiger partial charge in [0.05, 0.1) is 119 Å². The molecule has 1 amide bonds. The number of carboxylic acids is 1. The van der Waals surface area contributed by atoms with E-state index in [4.69, 9.17) is 54.3 Å². The SMILES string of the molecule is [N-]=[N+]=NCCOCCOCCOCCN(CCOCCOCCOCCC(=O)O)C(=O)CCOCCOCCN. The highest BCUT2D eigenvalue weighted by Gasteiger charge is 2.13. The Bertz CT molecular complexity index is 618. The lowest BCUT2D eigenvalue weighted by atomic mass is 10.3. The molecule has 16 heteroatoms. The lowest BCUT2D eigenvalue weighted by Crippen LogP contribution is -2.37. The van der Waals surface area contributed by atoms with Gasteiger partial charge in [0, 0.05) is 31.1 Å². The van der Waals surface area contributed by atoms with Gasteiger partial charge in [0.15, 0.2) is 0 Å². The number of ether oxygens (including phenoxy) is 8. The average molecular weight is 582 g/mol. The summed E-state index contributed by atoms with van der Waals surface area (Å²) in [6.07, 6.45) is 0.189. The molecule has 0 spiro atoms. The van der Waals surface area contributed by atoms with Gasteiger partial charge in [-0.2, -0.15) is 0 Å². The Hall–Kier alpha value is -2.11. The van der Waals surface area contributed by atoms with Crippen molar-refractivity contribution < 1.29 is 52.6 Å². The maximum absolute atomic E-state index is 12.7. The van der Waals surface area contributed by atoms with Gasteiger partial charge in [-0.1, -0.05) is 5.11 Å². The first-order valence-corrected chi connectivity index (χ1v) is 13.4. The number of aliphatic carboxylic acids is 1. The molecular formula is C24H47N5O11. The van der Waals surface area contributed by atoms with Crippen LogP contribution in [-0.2, 0) is 47.5 Å². The second-order valence-electron chi connectivity index (χ2n) is 7.92. The molecule has 0 unspecified atom stereocenters. The fourth-order valence-corrected chi connectivity index (χ4v) is 2.83. The highest BCUT2D eigenvalue weighted by molar-refractivity contribution is 5.76. The largest absolute Gasteiger partial charge is 0.481 e. The van der Waals surface area contributed by atoms with Crippen LogP contribution in [0.1, 0.15) is 12.8 Å². The van der Waals surface area contributed by atoms with Crippen molar-refractivity contribution in [3.05, 3.63) is 10.4 Å². The topological polar surface area (TPSA) is 206 Å². The lowest BCUT2D eigenvalue weighted by Gasteiger charge is -2.23. The van der Waals surface area contributed by atoms with Crippen LogP contribution >= 0.6 is 0 Å². The van der Waals surface area contributed by atoms with Crippen molar-refractivity contribution in [2.24, 2.45) is 10.8 Å². The van der Waals surface area contributed by atoms with Crippen LogP contribution in [0.2, 0.25) is 0 Å². The summed E-state index contributed by atoms with van der Waals surface area (Å²) in [7, 11) is 0. The third kappa shape index (κ3) is 28.9. The Labute approximate surface area is 235 Å². The smallest absolute Gasteiger partial charge is 0.305 e. The summed E-state index contributed by atoms with van der Waals surface area (Å²) in [6.45, 7) is 7.22. The summed E-state index contributed by atoms with van der Waals surface area (Å²) >= 11 is 0. The minimum atomic E-state index is -0.902. The first-order chi connectivity index (χ1) is 19.6. The van der Waals surface area contributed by atoms with Crippen LogP contribution < -0.4 is 5.73 Å². The molecule has 0 aliphatic heterocycles. The number of nitrogens with zero attached hydrogens (tertiary/aromatic N) is 4. The van der Waals surface area contributed by atoms with Crippen molar-refractivity contribution in [2.45, 2.75) is 12.8 Å². The number of carbonyl (C=O) groups excluding carboxylic acids is 1. The van der Waals surface area contributed by atoms with Crippen LogP contribution in [0.5, 0.6) is 0 Å². The Balaban J connectivity index is 4.05. The molecule has 0 bridgehead atoms. The van der Waals surface area contributed by atoms with Gasteiger partial charge in [0.2, 0.25) is 5.91 Å². The third-order valence-corrected chi connectivity index (χ3v) is 4.81. The molecule has 0 saturated heterocycles. The summed E-state index contributed by atoms with van der Waals surface area (Å²) in [5, 5.41) is 11.9. The molecule has 0 aromatic heterocycles. The zero-order valence-electron chi connectivity index (χ0n) is 23.5. The van der Waals surface area contributed by atoms with Crippen molar-refractivity contribution in [3.63, 3.8) is 0 Å². The first-order valence-electron chi connectivity index (χ1n) is 13.4. The van der Waals surface area contributed by atoms with Crippen molar-refractivity contribution >= 4 is 11.9 Å². The summed E-state index contributed by atoms with van der Waals surface area (Å²) < 4.78 is 43.0. The molecule has 40 heavy (non-hydrogen) atoms. The van der Waals surface area contributed by atoms with E-state index in [-0.39, 0.29) is 38.5 Å². The van der Waals surface area contributed by atoms with Crippen LogP contribution in [0.3, 0.4) is 0 Å². The maximum Gasteiger partial charge on any atom is 0.305 e. The standard InChI is InChI=1S/C24H47N5O11/c25-3-9-35-15-13-33-7-1-23(30)29(5-11-37-17-21-39-19-14-34-8-2-24(31)32)6-12-38-18-22-40-20-16-36-10-4-27-28-26/h1-22,25H2,(H,31,32). The Morgan fingerprint density at radius 1 is 0.625 bits per heavy atom. The van der Waals surface area contributed by atoms with Crippen molar-refractivity contribution in [3.8, 4) is 0 Å².